The van der Waals surface area contributed by atoms with Crippen molar-refractivity contribution in [3.8, 4) is 5.69 Å². The van der Waals surface area contributed by atoms with E-state index in [1.807, 2.05) is 24.3 Å². The quantitative estimate of drug-likeness (QED) is 0.627. The van der Waals surface area contributed by atoms with Gasteiger partial charge >= 0.3 is 0 Å². The van der Waals surface area contributed by atoms with Crippen LogP contribution in [0.4, 0.5) is 0 Å². The van der Waals surface area contributed by atoms with E-state index < -0.39 is 0 Å². The largest absolute Gasteiger partial charge is 0.352 e. The number of rotatable bonds is 7. The van der Waals surface area contributed by atoms with Gasteiger partial charge in [0.1, 0.15) is 12.7 Å². The Hall–Kier alpha value is -2.70. The van der Waals surface area contributed by atoms with Crippen LogP contribution in [0, 0.1) is 5.92 Å². The summed E-state index contributed by atoms with van der Waals surface area (Å²) in [5, 5.41) is 10.5. The zero-order chi connectivity index (χ0) is 19.2. The van der Waals surface area contributed by atoms with Gasteiger partial charge in [-0.3, -0.25) is 4.79 Å². The molecule has 3 aromatic rings. The van der Waals surface area contributed by atoms with Gasteiger partial charge in [0.2, 0.25) is 5.91 Å². The predicted octanol–water partition coefficient (Wildman–Crippen LogP) is 2.70. The summed E-state index contributed by atoms with van der Waals surface area (Å²) in [7, 11) is 0. The molecule has 4 rings (SSSR count). The number of nitrogens with one attached hydrogen (secondary N) is 2. The molecular formula is C22H26ClN5O. The van der Waals surface area contributed by atoms with Crippen LogP contribution >= 0.6 is 12.4 Å². The normalized spacial score (nSPS) is 15.7. The number of benzene rings is 2. The summed E-state index contributed by atoms with van der Waals surface area (Å²) in [4.78, 5) is 16.2. The van der Waals surface area contributed by atoms with Gasteiger partial charge in [0.25, 0.3) is 0 Å². The Morgan fingerprint density at radius 2 is 1.79 bits per heavy atom. The van der Waals surface area contributed by atoms with Crippen molar-refractivity contribution in [2.75, 3.05) is 13.1 Å². The maximum atomic E-state index is 12.3. The van der Waals surface area contributed by atoms with Crippen molar-refractivity contribution in [3.05, 3.63) is 77.9 Å². The fraction of sp³-hybridized carbons (Fsp3) is 0.318. The molecule has 1 fully saturated rings. The van der Waals surface area contributed by atoms with E-state index in [9.17, 15) is 4.79 Å². The molecule has 29 heavy (non-hydrogen) atoms. The maximum Gasteiger partial charge on any atom is 0.224 e. The molecule has 2 aromatic carbocycles. The van der Waals surface area contributed by atoms with Crippen molar-refractivity contribution in [1.82, 2.24) is 25.4 Å². The van der Waals surface area contributed by atoms with E-state index in [0.717, 1.165) is 42.2 Å². The second-order valence-corrected chi connectivity index (χ2v) is 7.34. The van der Waals surface area contributed by atoms with Crippen molar-refractivity contribution in [2.45, 2.75) is 25.8 Å². The number of nitrogens with zero attached hydrogens (tertiary/aromatic N) is 3. The molecule has 1 aliphatic heterocycles. The topological polar surface area (TPSA) is 71.8 Å². The van der Waals surface area contributed by atoms with Crippen LogP contribution in [0.1, 0.15) is 23.1 Å². The molecule has 0 spiro atoms. The van der Waals surface area contributed by atoms with E-state index in [0.29, 0.717) is 13.0 Å². The van der Waals surface area contributed by atoms with Gasteiger partial charge in [0, 0.05) is 6.54 Å². The van der Waals surface area contributed by atoms with E-state index in [4.69, 9.17) is 0 Å². The zero-order valence-electron chi connectivity index (χ0n) is 16.3. The molecule has 1 amide bonds. The van der Waals surface area contributed by atoms with Gasteiger partial charge in [-0.1, -0.05) is 36.4 Å². The van der Waals surface area contributed by atoms with Crippen molar-refractivity contribution in [3.63, 3.8) is 0 Å². The molecule has 1 unspecified atom stereocenters. The van der Waals surface area contributed by atoms with Crippen LogP contribution in [0.15, 0.2) is 61.2 Å². The summed E-state index contributed by atoms with van der Waals surface area (Å²) in [6, 6.07) is 16.4. The first kappa shape index (κ1) is 21.0. The average molecular weight is 412 g/mol. The summed E-state index contributed by atoms with van der Waals surface area (Å²) in [5.41, 5.74) is 4.40. The number of aromatic nitrogens is 3. The molecule has 7 heteroatoms. The summed E-state index contributed by atoms with van der Waals surface area (Å²) >= 11 is 0. The Morgan fingerprint density at radius 1 is 1.07 bits per heavy atom. The van der Waals surface area contributed by atoms with Crippen LogP contribution in [0.5, 0.6) is 0 Å². The highest BCUT2D eigenvalue weighted by Gasteiger charge is 2.14. The summed E-state index contributed by atoms with van der Waals surface area (Å²) in [6.07, 6.45) is 5.94. The molecule has 152 valence electrons. The van der Waals surface area contributed by atoms with Crippen molar-refractivity contribution in [2.24, 2.45) is 5.92 Å². The van der Waals surface area contributed by atoms with Crippen LogP contribution in [-0.2, 0) is 24.2 Å². The van der Waals surface area contributed by atoms with Crippen molar-refractivity contribution in [1.29, 1.82) is 0 Å². The van der Waals surface area contributed by atoms with E-state index in [-0.39, 0.29) is 18.3 Å². The first-order valence-corrected chi connectivity index (χ1v) is 9.75. The van der Waals surface area contributed by atoms with Crippen molar-refractivity contribution < 1.29 is 4.79 Å². The third-order valence-electron chi connectivity index (χ3n) is 5.18. The lowest BCUT2D eigenvalue weighted by Gasteiger charge is -2.09. The number of amides is 1. The Bertz CT molecular complexity index is 888. The van der Waals surface area contributed by atoms with Crippen LogP contribution in [0.2, 0.25) is 0 Å². The van der Waals surface area contributed by atoms with Crippen LogP contribution in [0.3, 0.4) is 0 Å². The van der Waals surface area contributed by atoms with Gasteiger partial charge in [0.15, 0.2) is 0 Å². The first-order valence-electron chi connectivity index (χ1n) is 9.75. The van der Waals surface area contributed by atoms with E-state index in [1.165, 1.54) is 18.3 Å². The first-order chi connectivity index (χ1) is 13.8. The SMILES string of the molecule is Cl.O=C(Cc1ccc(CC2CCNC2)cc1)NCc1ccc(-n2cncn2)cc1. The molecule has 0 aliphatic carbocycles. The second-order valence-electron chi connectivity index (χ2n) is 7.34. The third kappa shape index (κ3) is 5.89. The maximum absolute atomic E-state index is 12.3. The minimum atomic E-state index is 0. The van der Waals surface area contributed by atoms with Crippen LogP contribution in [0.25, 0.3) is 5.69 Å². The highest BCUT2D eigenvalue weighted by Crippen LogP contribution is 2.16. The fourth-order valence-electron chi connectivity index (χ4n) is 3.57. The van der Waals surface area contributed by atoms with Crippen LogP contribution < -0.4 is 10.6 Å². The van der Waals surface area contributed by atoms with Gasteiger partial charge in [-0.15, -0.1) is 12.4 Å². The second kappa shape index (κ2) is 10.2. The molecule has 2 N–H and O–H groups in total. The lowest BCUT2D eigenvalue weighted by molar-refractivity contribution is -0.120. The predicted molar refractivity (Wildman–Crippen MR) is 115 cm³/mol. The standard InChI is InChI=1S/C22H25N5O.ClH/c28-22(12-18-3-1-17(2-4-18)11-20-9-10-23-13-20)25-14-19-5-7-21(8-6-19)27-16-24-15-26-27;/h1-8,15-16,20,23H,9-14H2,(H,25,28);1H. The van der Waals surface area contributed by atoms with E-state index >= 15 is 0 Å². The average Bonchev–Trinajstić information content (AvgIpc) is 3.43. The number of halogens is 1. The van der Waals surface area contributed by atoms with E-state index in [1.54, 1.807) is 11.0 Å². The smallest absolute Gasteiger partial charge is 0.224 e. The number of hydrogen-bond donors (Lipinski definition) is 2. The van der Waals surface area contributed by atoms with Gasteiger partial charge in [-0.25, -0.2) is 9.67 Å². The third-order valence-corrected chi connectivity index (χ3v) is 5.18. The molecule has 1 aliphatic rings. The minimum absolute atomic E-state index is 0. The number of carbonyl (C=O) groups is 1. The summed E-state index contributed by atoms with van der Waals surface area (Å²) in [5.74, 6) is 0.776. The molecule has 6 nitrogen and oxygen atoms in total. The number of hydrogen-bond acceptors (Lipinski definition) is 4. The molecule has 1 aromatic heterocycles. The molecule has 1 saturated heterocycles. The Kier molecular flexibility index (Phi) is 7.38. The fourth-order valence-corrected chi connectivity index (χ4v) is 3.57. The lowest BCUT2D eigenvalue weighted by atomic mass is 9.97. The van der Waals surface area contributed by atoms with Gasteiger partial charge in [-0.2, -0.15) is 5.10 Å². The Balaban J connectivity index is 0.00000240. The summed E-state index contributed by atoms with van der Waals surface area (Å²) < 4.78 is 1.70. The summed E-state index contributed by atoms with van der Waals surface area (Å²) in [6.45, 7) is 2.76. The van der Waals surface area contributed by atoms with E-state index in [2.05, 4.69) is 45.0 Å². The highest BCUT2D eigenvalue weighted by molar-refractivity contribution is 5.85. The van der Waals surface area contributed by atoms with Gasteiger partial charge < -0.3 is 10.6 Å². The Morgan fingerprint density at radius 3 is 2.45 bits per heavy atom. The minimum Gasteiger partial charge on any atom is -0.352 e. The van der Waals surface area contributed by atoms with Crippen LogP contribution in [-0.4, -0.2) is 33.8 Å². The highest BCUT2D eigenvalue weighted by atomic mass is 35.5. The van der Waals surface area contributed by atoms with Crippen molar-refractivity contribution >= 4 is 18.3 Å². The molecule has 0 bridgehead atoms. The van der Waals surface area contributed by atoms with Gasteiger partial charge in [0.05, 0.1) is 12.1 Å². The Labute approximate surface area is 177 Å². The number of carbonyl (C=O) groups excluding carboxylic acids is 1. The molecule has 0 radical (unpaired) electrons. The molecular weight excluding hydrogens is 386 g/mol. The molecule has 2 heterocycles. The zero-order valence-corrected chi connectivity index (χ0v) is 17.1. The van der Waals surface area contributed by atoms with Gasteiger partial charge in [-0.05, 0) is 60.7 Å². The monoisotopic (exact) mass is 411 g/mol. The lowest BCUT2D eigenvalue weighted by Crippen LogP contribution is -2.24. The molecule has 1 atom stereocenters. The molecule has 0 saturated carbocycles.